The molecule has 0 heterocycles. The maximum absolute atomic E-state index is 11.0. The number of carboxylic acid groups (broad SMARTS) is 1. The topological polar surface area (TPSA) is 113 Å². The molecule has 0 saturated heterocycles. The lowest BCUT2D eigenvalue weighted by Crippen LogP contribution is -2.23. The number of unbranched alkanes of at least 4 members (excludes halogenated alkanes) is 2. The van der Waals surface area contributed by atoms with E-state index >= 15 is 0 Å². The van der Waals surface area contributed by atoms with Gasteiger partial charge in [-0.15, -0.1) is 0 Å². The highest BCUT2D eigenvalue weighted by Crippen LogP contribution is 2.37. The van der Waals surface area contributed by atoms with Crippen molar-refractivity contribution in [2.45, 2.75) is 79.1 Å². The van der Waals surface area contributed by atoms with Gasteiger partial charge in [0.1, 0.15) is 0 Å². The number of aliphatic carboxylic acids is 1. The molecule has 0 aromatic rings. The molecule has 0 radical (unpaired) electrons. The fourth-order valence-electron chi connectivity index (χ4n) is 2.65. The molecular formula is C18H37O7P. The average Bonchev–Trinajstić information content (AvgIpc) is 2.49. The number of phosphoric acid groups is 1. The predicted octanol–water partition coefficient (Wildman–Crippen LogP) is 4.37. The number of hydrogen-bond donors (Lipinski definition) is 3. The lowest BCUT2D eigenvalue weighted by atomic mass is 9.83. The van der Waals surface area contributed by atoms with Gasteiger partial charge in [0.2, 0.25) is 0 Å². The monoisotopic (exact) mass is 396 g/mol. The van der Waals surface area contributed by atoms with Crippen molar-refractivity contribution < 1.29 is 33.5 Å². The zero-order valence-corrected chi connectivity index (χ0v) is 17.6. The largest absolute Gasteiger partial charge is 0.481 e. The van der Waals surface area contributed by atoms with E-state index in [1.165, 1.54) is 0 Å². The molecule has 0 atom stereocenters. The van der Waals surface area contributed by atoms with Crippen LogP contribution in [0.5, 0.6) is 0 Å². The van der Waals surface area contributed by atoms with E-state index in [0.29, 0.717) is 26.1 Å². The molecule has 0 unspecified atom stereocenters. The van der Waals surface area contributed by atoms with Crippen molar-refractivity contribution in [3.63, 3.8) is 0 Å². The zero-order valence-electron chi connectivity index (χ0n) is 16.7. The Morgan fingerprint density at radius 3 is 1.85 bits per heavy atom. The number of carboxylic acids is 1. The first kappa shape index (κ1) is 25.5. The number of hydrogen-bond acceptors (Lipinski definition) is 4. The van der Waals surface area contributed by atoms with Crippen LogP contribution in [0.2, 0.25) is 0 Å². The highest BCUT2D eigenvalue weighted by molar-refractivity contribution is 7.46. The fourth-order valence-corrected chi connectivity index (χ4v) is 3.01. The number of phosphoric ester groups is 1. The van der Waals surface area contributed by atoms with Crippen LogP contribution >= 0.6 is 7.82 Å². The van der Waals surface area contributed by atoms with E-state index in [0.717, 1.165) is 38.5 Å². The molecule has 0 aliphatic rings. The van der Waals surface area contributed by atoms with Crippen LogP contribution in [-0.2, 0) is 18.6 Å². The van der Waals surface area contributed by atoms with E-state index in [2.05, 4.69) is 18.4 Å². The second-order valence-corrected chi connectivity index (χ2v) is 9.55. The third-order valence-corrected chi connectivity index (χ3v) is 5.09. The lowest BCUT2D eigenvalue weighted by molar-refractivity contribution is -0.147. The maximum atomic E-state index is 11.0. The third-order valence-electron chi connectivity index (χ3n) is 4.57. The molecule has 0 aliphatic heterocycles. The summed E-state index contributed by atoms with van der Waals surface area (Å²) in [5.74, 6) is -0.755. The van der Waals surface area contributed by atoms with Crippen molar-refractivity contribution in [2.24, 2.45) is 10.8 Å². The van der Waals surface area contributed by atoms with Crippen molar-refractivity contribution in [2.75, 3.05) is 19.8 Å². The smallest absolute Gasteiger partial charge is 0.469 e. The van der Waals surface area contributed by atoms with Crippen LogP contribution in [-0.4, -0.2) is 40.7 Å². The first-order valence-electron chi connectivity index (χ1n) is 9.37. The van der Waals surface area contributed by atoms with Crippen LogP contribution in [0.3, 0.4) is 0 Å². The van der Waals surface area contributed by atoms with Gasteiger partial charge in [-0.05, 0) is 57.8 Å². The van der Waals surface area contributed by atoms with Crippen molar-refractivity contribution in [1.82, 2.24) is 0 Å². The summed E-state index contributed by atoms with van der Waals surface area (Å²) in [7, 11) is -4.35. The molecule has 0 rings (SSSR count). The minimum Gasteiger partial charge on any atom is -0.481 e. The van der Waals surface area contributed by atoms with E-state index in [1.54, 1.807) is 13.8 Å². The molecule has 0 aromatic heterocycles. The zero-order chi connectivity index (χ0) is 20.3. The summed E-state index contributed by atoms with van der Waals surface area (Å²) < 4.78 is 20.7. The quantitative estimate of drug-likeness (QED) is 0.262. The van der Waals surface area contributed by atoms with Gasteiger partial charge in [-0.2, -0.15) is 0 Å². The van der Waals surface area contributed by atoms with Crippen LogP contribution in [0.4, 0.5) is 0 Å². The average molecular weight is 396 g/mol. The van der Waals surface area contributed by atoms with Crippen molar-refractivity contribution in [3.05, 3.63) is 0 Å². The van der Waals surface area contributed by atoms with Crippen LogP contribution in [0.1, 0.15) is 79.1 Å². The van der Waals surface area contributed by atoms with Gasteiger partial charge in [-0.1, -0.05) is 26.7 Å². The summed E-state index contributed by atoms with van der Waals surface area (Å²) in [5.41, 5.74) is -0.553. The van der Waals surface area contributed by atoms with Gasteiger partial charge in [0.15, 0.2) is 0 Å². The molecular weight excluding hydrogens is 359 g/mol. The molecule has 0 aliphatic carbocycles. The maximum Gasteiger partial charge on any atom is 0.469 e. The molecule has 0 aromatic carbocycles. The normalized spacial score (nSPS) is 13.2. The summed E-state index contributed by atoms with van der Waals surface area (Å²) in [6.07, 6.45) is 6.91. The van der Waals surface area contributed by atoms with E-state index < -0.39 is 19.2 Å². The minimum atomic E-state index is -4.35. The Labute approximate surface area is 157 Å². The van der Waals surface area contributed by atoms with Crippen molar-refractivity contribution >= 4 is 13.8 Å². The molecule has 26 heavy (non-hydrogen) atoms. The number of rotatable bonds is 16. The second-order valence-electron chi connectivity index (χ2n) is 8.31. The Morgan fingerprint density at radius 1 is 0.846 bits per heavy atom. The third kappa shape index (κ3) is 14.7. The molecule has 7 nitrogen and oxygen atoms in total. The lowest BCUT2D eigenvalue weighted by Gasteiger charge is -2.24. The molecule has 0 saturated carbocycles. The SMILES string of the molecule is CC(C)(CCCCOCCCCC(C)(C)C(=O)O)CCCOP(=O)(O)O. The molecule has 8 heteroatoms. The summed E-state index contributed by atoms with van der Waals surface area (Å²) in [6, 6.07) is 0. The Balaban J connectivity index is 3.58. The van der Waals surface area contributed by atoms with Crippen LogP contribution in [0.25, 0.3) is 0 Å². The van der Waals surface area contributed by atoms with Crippen LogP contribution in [0, 0.1) is 10.8 Å². The first-order chi connectivity index (χ1) is 11.9. The highest BCUT2D eigenvalue weighted by Gasteiger charge is 2.26. The van der Waals surface area contributed by atoms with Gasteiger partial charge in [0, 0.05) is 13.2 Å². The first-order valence-corrected chi connectivity index (χ1v) is 10.9. The van der Waals surface area contributed by atoms with E-state index in [9.17, 15) is 9.36 Å². The molecule has 0 spiro atoms. The van der Waals surface area contributed by atoms with Crippen LogP contribution in [0.15, 0.2) is 0 Å². The second kappa shape index (κ2) is 12.1. The van der Waals surface area contributed by atoms with Gasteiger partial charge in [0.25, 0.3) is 0 Å². The summed E-state index contributed by atoms with van der Waals surface area (Å²) in [6.45, 7) is 9.24. The summed E-state index contributed by atoms with van der Waals surface area (Å²) >= 11 is 0. The van der Waals surface area contributed by atoms with E-state index in [1.807, 2.05) is 0 Å². The molecule has 3 N–H and O–H groups in total. The van der Waals surface area contributed by atoms with Crippen molar-refractivity contribution in [3.8, 4) is 0 Å². The molecule has 156 valence electrons. The molecule has 0 bridgehead atoms. The molecule has 0 amide bonds. The summed E-state index contributed by atoms with van der Waals surface area (Å²) in [4.78, 5) is 28.3. The van der Waals surface area contributed by atoms with Gasteiger partial charge in [-0.25, -0.2) is 4.57 Å². The Hall–Kier alpha value is -0.460. The minimum absolute atomic E-state index is 0.0789. The number of ether oxygens (including phenoxy) is 1. The Bertz CT molecular complexity index is 443. The van der Waals surface area contributed by atoms with Crippen LogP contribution < -0.4 is 0 Å². The van der Waals surface area contributed by atoms with Gasteiger partial charge in [-0.3, -0.25) is 9.32 Å². The molecule has 0 fully saturated rings. The van der Waals surface area contributed by atoms with Gasteiger partial charge < -0.3 is 19.6 Å². The van der Waals surface area contributed by atoms with E-state index in [4.69, 9.17) is 19.6 Å². The van der Waals surface area contributed by atoms with E-state index in [-0.39, 0.29) is 12.0 Å². The fraction of sp³-hybridized carbons (Fsp3) is 0.944. The van der Waals surface area contributed by atoms with Crippen molar-refractivity contribution in [1.29, 1.82) is 0 Å². The highest BCUT2D eigenvalue weighted by atomic mass is 31.2. The van der Waals surface area contributed by atoms with Gasteiger partial charge in [0.05, 0.1) is 12.0 Å². The number of carbonyl (C=O) groups is 1. The predicted molar refractivity (Wildman–Crippen MR) is 101 cm³/mol. The Kier molecular flexibility index (Phi) is 11.9. The van der Waals surface area contributed by atoms with Gasteiger partial charge >= 0.3 is 13.8 Å². The Morgan fingerprint density at radius 2 is 1.35 bits per heavy atom. The standard InChI is InChI=1S/C18H37O7P/c1-17(2,11-9-15-25-26(21,22)23)10-5-7-13-24-14-8-6-12-18(3,4)16(19)20/h5-15H2,1-4H3,(H,19,20)(H2,21,22,23). The summed E-state index contributed by atoms with van der Waals surface area (Å²) in [5, 5.41) is 9.04.